The van der Waals surface area contributed by atoms with E-state index in [2.05, 4.69) is 16.4 Å². The largest absolute Gasteiger partial charge is 0.324 e. The molecular weight excluding hydrogens is 422 g/mol. The van der Waals surface area contributed by atoms with E-state index in [1.807, 2.05) is 90.7 Å². The maximum atomic E-state index is 13.1. The Morgan fingerprint density at radius 2 is 1.74 bits per heavy atom. The first kappa shape index (κ1) is 21.6. The molecule has 0 radical (unpaired) electrons. The van der Waals surface area contributed by atoms with Crippen molar-refractivity contribution >= 4 is 23.2 Å². The van der Waals surface area contributed by atoms with Gasteiger partial charge in [0.25, 0.3) is 5.91 Å². The van der Waals surface area contributed by atoms with Gasteiger partial charge in [-0.25, -0.2) is 0 Å². The summed E-state index contributed by atoms with van der Waals surface area (Å²) in [5, 5.41) is 2.90. The van der Waals surface area contributed by atoms with E-state index in [9.17, 15) is 9.59 Å². The van der Waals surface area contributed by atoms with Crippen molar-refractivity contribution in [2.24, 2.45) is 0 Å². The van der Waals surface area contributed by atoms with Crippen LogP contribution in [0.5, 0.6) is 0 Å². The number of hydrogen-bond acceptors (Lipinski definition) is 3. The van der Waals surface area contributed by atoms with Gasteiger partial charge < -0.3 is 10.2 Å². The monoisotopic (exact) mass is 447 g/mol. The molecule has 5 rings (SSSR count). The number of benzene rings is 3. The normalized spacial score (nSPS) is 12.3. The van der Waals surface area contributed by atoms with Crippen molar-refractivity contribution < 1.29 is 9.59 Å². The summed E-state index contributed by atoms with van der Waals surface area (Å²) in [6.07, 6.45) is 2.82. The number of pyridine rings is 1. The van der Waals surface area contributed by atoms with Gasteiger partial charge in [-0.05, 0) is 60.4 Å². The molecule has 0 unspecified atom stereocenters. The van der Waals surface area contributed by atoms with Crippen LogP contribution in [-0.4, -0.2) is 23.3 Å². The van der Waals surface area contributed by atoms with Gasteiger partial charge in [-0.15, -0.1) is 0 Å². The van der Waals surface area contributed by atoms with Crippen LogP contribution < -0.4 is 10.2 Å². The average molecular weight is 448 g/mol. The van der Waals surface area contributed by atoms with E-state index in [1.54, 1.807) is 6.20 Å². The van der Waals surface area contributed by atoms with E-state index in [0.29, 0.717) is 18.7 Å². The van der Waals surface area contributed by atoms with Crippen molar-refractivity contribution in [3.8, 4) is 11.3 Å². The Hall–Kier alpha value is -4.25. The van der Waals surface area contributed by atoms with E-state index in [-0.39, 0.29) is 11.8 Å². The van der Waals surface area contributed by atoms with Crippen molar-refractivity contribution in [1.82, 2.24) is 4.98 Å². The molecule has 1 N–H and O–H groups in total. The Kier molecular flexibility index (Phi) is 5.91. The highest BCUT2D eigenvalue weighted by Crippen LogP contribution is 2.33. The maximum Gasteiger partial charge on any atom is 0.258 e. The zero-order valence-electron chi connectivity index (χ0n) is 19.0. The highest BCUT2D eigenvalue weighted by atomic mass is 16.2. The minimum atomic E-state index is -0.0725. The Morgan fingerprint density at radius 1 is 0.941 bits per heavy atom. The Morgan fingerprint density at radius 3 is 2.50 bits per heavy atom. The number of carbonyl (C=O) groups is 2. The van der Waals surface area contributed by atoms with Gasteiger partial charge in [0.05, 0.1) is 24.0 Å². The molecule has 1 aliphatic rings. The lowest BCUT2D eigenvalue weighted by Gasteiger charge is -2.19. The second kappa shape index (κ2) is 9.32. The second-order valence-corrected chi connectivity index (χ2v) is 8.51. The maximum absolute atomic E-state index is 13.1. The fourth-order valence-corrected chi connectivity index (χ4v) is 4.36. The Bertz CT molecular complexity index is 1350. The summed E-state index contributed by atoms with van der Waals surface area (Å²) in [7, 11) is 0. The SMILES string of the molecule is Cc1ccccc1C(=O)N1CCc2cc(-c3ccc(NC(=O)Cc4ccccc4)cn3)ccc21. The molecule has 0 saturated carbocycles. The Labute approximate surface area is 199 Å². The molecule has 0 bridgehead atoms. The molecule has 0 aliphatic carbocycles. The zero-order chi connectivity index (χ0) is 23.5. The molecule has 34 heavy (non-hydrogen) atoms. The van der Waals surface area contributed by atoms with Gasteiger partial charge in [0.1, 0.15) is 0 Å². The number of nitrogens with one attached hydrogen (secondary N) is 1. The van der Waals surface area contributed by atoms with Crippen LogP contribution in [0.4, 0.5) is 11.4 Å². The number of fused-ring (bicyclic) bond motifs is 1. The molecule has 1 aliphatic heterocycles. The van der Waals surface area contributed by atoms with Crippen LogP contribution in [0.3, 0.4) is 0 Å². The number of carbonyl (C=O) groups excluding carboxylic acids is 2. The van der Waals surface area contributed by atoms with Crippen LogP contribution >= 0.6 is 0 Å². The highest BCUT2D eigenvalue weighted by molar-refractivity contribution is 6.08. The lowest BCUT2D eigenvalue weighted by molar-refractivity contribution is -0.115. The van der Waals surface area contributed by atoms with Crippen molar-refractivity contribution in [2.75, 3.05) is 16.8 Å². The molecule has 1 aromatic heterocycles. The molecule has 0 saturated heterocycles. The van der Waals surface area contributed by atoms with Gasteiger partial charge in [-0.1, -0.05) is 54.6 Å². The number of rotatable bonds is 5. The molecule has 3 aromatic carbocycles. The first-order valence-electron chi connectivity index (χ1n) is 11.4. The number of anilines is 2. The minimum absolute atomic E-state index is 0.0401. The second-order valence-electron chi connectivity index (χ2n) is 8.51. The van der Waals surface area contributed by atoms with E-state index in [0.717, 1.165) is 45.6 Å². The molecule has 0 atom stereocenters. The first-order valence-corrected chi connectivity index (χ1v) is 11.4. The lowest BCUT2D eigenvalue weighted by atomic mass is 10.0. The van der Waals surface area contributed by atoms with Crippen molar-refractivity contribution in [1.29, 1.82) is 0 Å². The van der Waals surface area contributed by atoms with E-state index in [4.69, 9.17) is 0 Å². The minimum Gasteiger partial charge on any atom is -0.324 e. The van der Waals surface area contributed by atoms with Gasteiger partial charge in [-0.3, -0.25) is 14.6 Å². The summed E-state index contributed by atoms with van der Waals surface area (Å²) in [5.41, 5.74) is 7.28. The Balaban J connectivity index is 1.29. The third kappa shape index (κ3) is 4.46. The summed E-state index contributed by atoms with van der Waals surface area (Å²) in [4.78, 5) is 31.8. The number of amides is 2. The summed E-state index contributed by atoms with van der Waals surface area (Å²) in [5.74, 6) is -0.0324. The molecule has 5 heteroatoms. The van der Waals surface area contributed by atoms with Gasteiger partial charge in [0, 0.05) is 23.4 Å². The first-order chi connectivity index (χ1) is 16.6. The molecular formula is C29H25N3O2. The van der Waals surface area contributed by atoms with E-state index in [1.165, 1.54) is 0 Å². The summed E-state index contributed by atoms with van der Waals surface area (Å²) in [6, 6.07) is 27.2. The third-order valence-electron chi connectivity index (χ3n) is 6.15. The van der Waals surface area contributed by atoms with Crippen LogP contribution in [-0.2, 0) is 17.6 Å². The quantitative estimate of drug-likeness (QED) is 0.443. The standard InChI is InChI=1S/C29H25N3O2/c1-20-7-5-6-10-25(20)29(34)32-16-15-23-18-22(11-14-27(23)32)26-13-12-24(19-30-26)31-28(33)17-21-8-3-2-4-9-21/h2-14,18-19H,15-17H2,1H3,(H,31,33). The highest BCUT2D eigenvalue weighted by Gasteiger charge is 2.26. The van der Waals surface area contributed by atoms with Crippen molar-refractivity contribution in [3.05, 3.63) is 113 Å². The fourth-order valence-electron chi connectivity index (χ4n) is 4.36. The van der Waals surface area contributed by atoms with Crippen molar-refractivity contribution in [3.63, 3.8) is 0 Å². The van der Waals surface area contributed by atoms with Gasteiger partial charge in [0.2, 0.25) is 5.91 Å². The molecule has 0 fully saturated rings. The van der Waals surface area contributed by atoms with Crippen LogP contribution in [0.15, 0.2) is 91.1 Å². The average Bonchev–Trinajstić information content (AvgIpc) is 3.28. The summed E-state index contributed by atoms with van der Waals surface area (Å²) < 4.78 is 0. The molecule has 2 amide bonds. The van der Waals surface area contributed by atoms with Crippen LogP contribution in [0.1, 0.15) is 27.0 Å². The van der Waals surface area contributed by atoms with Crippen LogP contribution in [0.2, 0.25) is 0 Å². The van der Waals surface area contributed by atoms with Gasteiger partial charge in [0.15, 0.2) is 0 Å². The van der Waals surface area contributed by atoms with Crippen LogP contribution in [0, 0.1) is 6.92 Å². The number of aryl methyl sites for hydroxylation is 1. The smallest absolute Gasteiger partial charge is 0.258 e. The molecule has 168 valence electrons. The van der Waals surface area contributed by atoms with Gasteiger partial charge in [-0.2, -0.15) is 0 Å². The molecule has 2 heterocycles. The fraction of sp³-hybridized carbons (Fsp3) is 0.138. The summed E-state index contributed by atoms with van der Waals surface area (Å²) in [6.45, 7) is 2.64. The topological polar surface area (TPSA) is 62.3 Å². The molecule has 5 nitrogen and oxygen atoms in total. The van der Waals surface area contributed by atoms with Crippen LogP contribution in [0.25, 0.3) is 11.3 Å². The van der Waals surface area contributed by atoms with Crippen molar-refractivity contribution in [2.45, 2.75) is 19.8 Å². The predicted octanol–water partition coefficient (Wildman–Crippen LogP) is 5.44. The summed E-state index contributed by atoms with van der Waals surface area (Å²) >= 11 is 0. The molecule has 4 aromatic rings. The van der Waals surface area contributed by atoms with E-state index < -0.39 is 0 Å². The van der Waals surface area contributed by atoms with E-state index >= 15 is 0 Å². The van der Waals surface area contributed by atoms with Gasteiger partial charge >= 0.3 is 0 Å². The number of nitrogens with zero attached hydrogens (tertiary/aromatic N) is 2. The zero-order valence-corrected chi connectivity index (χ0v) is 19.0. The molecule has 0 spiro atoms. The predicted molar refractivity (Wildman–Crippen MR) is 135 cm³/mol. The lowest BCUT2D eigenvalue weighted by Crippen LogP contribution is -2.29. The third-order valence-corrected chi connectivity index (χ3v) is 6.15. The number of aromatic nitrogens is 1. The number of hydrogen-bond donors (Lipinski definition) is 1.